The van der Waals surface area contributed by atoms with E-state index in [9.17, 15) is 0 Å². The van der Waals surface area contributed by atoms with Crippen LogP contribution in [0, 0.1) is 6.92 Å². The number of halogens is 1. The molecule has 0 saturated carbocycles. The quantitative estimate of drug-likeness (QED) is 0.652. The van der Waals surface area contributed by atoms with Gasteiger partial charge >= 0.3 is 0 Å². The molecule has 1 aliphatic heterocycles. The summed E-state index contributed by atoms with van der Waals surface area (Å²) in [6.07, 6.45) is 2.57. The Bertz CT molecular complexity index is 781. The molecule has 0 aliphatic carbocycles. The van der Waals surface area contributed by atoms with Crippen LogP contribution >= 0.6 is 11.6 Å². The Morgan fingerprint density at radius 1 is 1.25 bits per heavy atom. The first kappa shape index (κ1) is 21.0. The first-order valence-electron chi connectivity index (χ1n) is 10.1. The summed E-state index contributed by atoms with van der Waals surface area (Å²) >= 11 is 6.53. The maximum Gasteiger partial charge on any atom is 0.180 e. The fourth-order valence-corrected chi connectivity index (χ4v) is 4.15. The molecule has 5 heteroatoms. The predicted octanol–water partition coefficient (Wildman–Crippen LogP) is 4.81. The van der Waals surface area contributed by atoms with E-state index < -0.39 is 0 Å². The van der Waals surface area contributed by atoms with Gasteiger partial charge in [-0.1, -0.05) is 42.8 Å². The average molecular weight is 403 g/mol. The number of ether oxygens (including phenoxy) is 2. The van der Waals surface area contributed by atoms with Gasteiger partial charge in [0.1, 0.15) is 6.61 Å². The minimum absolute atomic E-state index is 0.467. The SMILES string of the molecule is CCN1CCC[C@@H]1CNCc1cc(Cl)c(OCc2ccccc2C)c(OC)c1. The lowest BCUT2D eigenvalue weighted by molar-refractivity contribution is 0.260. The Kier molecular flexibility index (Phi) is 7.60. The molecule has 1 atom stereocenters. The van der Waals surface area contributed by atoms with Crippen molar-refractivity contribution in [1.82, 2.24) is 10.2 Å². The van der Waals surface area contributed by atoms with Crippen LogP contribution in [0.1, 0.15) is 36.5 Å². The molecular formula is C23H31ClN2O2. The highest BCUT2D eigenvalue weighted by molar-refractivity contribution is 6.32. The first-order chi connectivity index (χ1) is 13.6. The molecule has 0 spiro atoms. The molecule has 0 bridgehead atoms. The topological polar surface area (TPSA) is 33.7 Å². The summed E-state index contributed by atoms with van der Waals surface area (Å²) in [5.41, 5.74) is 3.45. The van der Waals surface area contributed by atoms with Gasteiger partial charge in [0.2, 0.25) is 0 Å². The summed E-state index contributed by atoms with van der Waals surface area (Å²) in [6, 6.07) is 12.8. The maximum atomic E-state index is 6.53. The van der Waals surface area contributed by atoms with E-state index in [0.717, 1.165) is 30.8 Å². The second-order valence-corrected chi connectivity index (χ2v) is 7.79. The van der Waals surface area contributed by atoms with Crippen molar-refractivity contribution in [3.63, 3.8) is 0 Å². The second kappa shape index (κ2) is 10.1. The molecule has 0 radical (unpaired) electrons. The summed E-state index contributed by atoms with van der Waals surface area (Å²) in [5, 5.41) is 4.16. The molecule has 3 rings (SSSR count). The summed E-state index contributed by atoms with van der Waals surface area (Å²) in [7, 11) is 1.65. The van der Waals surface area contributed by atoms with Crippen LogP contribution in [0.3, 0.4) is 0 Å². The van der Waals surface area contributed by atoms with Crippen LogP contribution in [0.2, 0.25) is 5.02 Å². The number of rotatable bonds is 9. The van der Waals surface area contributed by atoms with Crippen molar-refractivity contribution in [2.75, 3.05) is 26.7 Å². The Hall–Kier alpha value is -1.75. The van der Waals surface area contributed by atoms with Gasteiger partial charge in [-0.15, -0.1) is 0 Å². The van der Waals surface area contributed by atoms with Crippen LogP contribution in [-0.2, 0) is 13.2 Å². The van der Waals surface area contributed by atoms with Crippen molar-refractivity contribution in [2.24, 2.45) is 0 Å². The largest absolute Gasteiger partial charge is 0.493 e. The van der Waals surface area contributed by atoms with Crippen molar-refractivity contribution in [1.29, 1.82) is 0 Å². The number of likely N-dealkylation sites (tertiary alicyclic amines) is 1. The molecule has 152 valence electrons. The third-order valence-corrected chi connectivity index (χ3v) is 5.82. The molecule has 2 aromatic rings. The van der Waals surface area contributed by atoms with Crippen LogP contribution < -0.4 is 14.8 Å². The number of nitrogens with one attached hydrogen (secondary N) is 1. The molecule has 28 heavy (non-hydrogen) atoms. The van der Waals surface area contributed by atoms with Crippen LogP contribution in [0.4, 0.5) is 0 Å². The lowest BCUT2D eigenvalue weighted by Crippen LogP contribution is -2.37. The highest BCUT2D eigenvalue weighted by atomic mass is 35.5. The van der Waals surface area contributed by atoms with Gasteiger partial charge in [0.25, 0.3) is 0 Å². The molecule has 1 aliphatic rings. The number of hydrogen-bond donors (Lipinski definition) is 1. The number of nitrogens with zero attached hydrogens (tertiary/aromatic N) is 1. The Morgan fingerprint density at radius 2 is 2.07 bits per heavy atom. The highest BCUT2D eigenvalue weighted by Crippen LogP contribution is 2.37. The predicted molar refractivity (Wildman–Crippen MR) is 115 cm³/mol. The fraction of sp³-hybridized carbons (Fsp3) is 0.478. The van der Waals surface area contributed by atoms with Crippen LogP contribution in [0.5, 0.6) is 11.5 Å². The van der Waals surface area contributed by atoms with E-state index in [1.807, 2.05) is 24.3 Å². The minimum atomic E-state index is 0.467. The van der Waals surface area contributed by atoms with E-state index in [1.165, 1.54) is 24.9 Å². The normalized spacial score (nSPS) is 17.1. The molecule has 4 nitrogen and oxygen atoms in total. The van der Waals surface area contributed by atoms with E-state index >= 15 is 0 Å². The fourth-order valence-electron chi connectivity index (χ4n) is 3.86. The number of benzene rings is 2. The second-order valence-electron chi connectivity index (χ2n) is 7.38. The summed E-state index contributed by atoms with van der Waals surface area (Å²) in [6.45, 7) is 8.89. The molecule has 0 aromatic heterocycles. The van der Waals surface area contributed by atoms with Crippen molar-refractivity contribution in [3.8, 4) is 11.5 Å². The monoisotopic (exact) mass is 402 g/mol. The van der Waals surface area contributed by atoms with Crippen molar-refractivity contribution < 1.29 is 9.47 Å². The molecule has 0 unspecified atom stereocenters. The van der Waals surface area contributed by atoms with Gasteiger partial charge in [-0.25, -0.2) is 0 Å². The zero-order valence-electron chi connectivity index (χ0n) is 17.1. The maximum absolute atomic E-state index is 6.53. The van der Waals surface area contributed by atoms with E-state index in [2.05, 4.69) is 36.2 Å². The number of aryl methyl sites for hydroxylation is 1. The van der Waals surface area contributed by atoms with Crippen molar-refractivity contribution >= 4 is 11.6 Å². The highest BCUT2D eigenvalue weighted by Gasteiger charge is 2.22. The summed E-state index contributed by atoms with van der Waals surface area (Å²) in [4.78, 5) is 2.54. The lowest BCUT2D eigenvalue weighted by atomic mass is 10.1. The number of likely N-dealkylation sites (N-methyl/N-ethyl adjacent to an activating group) is 1. The molecule has 1 heterocycles. The van der Waals surface area contributed by atoms with E-state index in [1.54, 1.807) is 7.11 Å². The smallest absolute Gasteiger partial charge is 0.180 e. The summed E-state index contributed by atoms with van der Waals surface area (Å²) < 4.78 is 11.6. The Balaban J connectivity index is 1.61. The van der Waals surface area contributed by atoms with Gasteiger partial charge in [0.05, 0.1) is 12.1 Å². The van der Waals surface area contributed by atoms with Gasteiger partial charge in [-0.05, 0) is 61.7 Å². The average Bonchev–Trinajstić information content (AvgIpc) is 3.15. The van der Waals surface area contributed by atoms with E-state index in [0.29, 0.717) is 29.2 Å². The van der Waals surface area contributed by atoms with Gasteiger partial charge in [0.15, 0.2) is 11.5 Å². The Labute approximate surface area is 173 Å². The summed E-state index contributed by atoms with van der Waals surface area (Å²) in [5.74, 6) is 1.28. The minimum Gasteiger partial charge on any atom is -0.493 e. The number of methoxy groups -OCH3 is 1. The molecule has 2 aromatic carbocycles. The third kappa shape index (κ3) is 5.19. The Morgan fingerprint density at radius 3 is 2.82 bits per heavy atom. The zero-order chi connectivity index (χ0) is 19.9. The lowest BCUT2D eigenvalue weighted by Gasteiger charge is -2.23. The van der Waals surface area contributed by atoms with E-state index in [4.69, 9.17) is 21.1 Å². The first-order valence-corrected chi connectivity index (χ1v) is 10.5. The van der Waals surface area contributed by atoms with Crippen LogP contribution in [0.25, 0.3) is 0 Å². The van der Waals surface area contributed by atoms with Crippen LogP contribution in [-0.4, -0.2) is 37.7 Å². The van der Waals surface area contributed by atoms with Gasteiger partial charge in [-0.2, -0.15) is 0 Å². The standard InChI is InChI=1S/C23H31ClN2O2/c1-4-26-11-7-10-20(26)15-25-14-18-12-21(24)23(22(13-18)27-3)28-16-19-9-6-5-8-17(19)2/h5-6,8-9,12-13,20,25H,4,7,10-11,14-16H2,1-3H3/t20-/m1/s1. The van der Waals surface area contributed by atoms with Gasteiger partial charge in [-0.3, -0.25) is 4.90 Å². The molecular weight excluding hydrogens is 372 g/mol. The molecule has 1 N–H and O–H groups in total. The molecule has 1 fully saturated rings. The third-order valence-electron chi connectivity index (χ3n) is 5.54. The van der Waals surface area contributed by atoms with Gasteiger partial charge in [0, 0.05) is 19.1 Å². The van der Waals surface area contributed by atoms with Crippen molar-refractivity contribution in [3.05, 3.63) is 58.1 Å². The van der Waals surface area contributed by atoms with Gasteiger partial charge < -0.3 is 14.8 Å². The number of hydrogen-bond acceptors (Lipinski definition) is 4. The molecule has 1 saturated heterocycles. The van der Waals surface area contributed by atoms with E-state index in [-0.39, 0.29) is 0 Å². The van der Waals surface area contributed by atoms with Crippen molar-refractivity contribution in [2.45, 2.75) is 45.9 Å². The van der Waals surface area contributed by atoms with Crippen LogP contribution in [0.15, 0.2) is 36.4 Å². The molecule has 0 amide bonds. The zero-order valence-corrected chi connectivity index (χ0v) is 17.9.